The quantitative estimate of drug-likeness (QED) is 0.200. The van der Waals surface area contributed by atoms with E-state index in [2.05, 4.69) is 36.0 Å². The van der Waals surface area contributed by atoms with Crippen LogP contribution in [0.25, 0.3) is 0 Å². The molecule has 0 fully saturated rings. The summed E-state index contributed by atoms with van der Waals surface area (Å²) in [5.41, 5.74) is 2.07. The summed E-state index contributed by atoms with van der Waals surface area (Å²) in [6.07, 6.45) is 4.37. The number of isocyanates is 2. The highest BCUT2D eigenvalue weighted by atomic mass is 16.5. The Morgan fingerprint density at radius 2 is 1.62 bits per heavy atom. The second-order valence-electron chi connectivity index (χ2n) is 7.14. The molecular formula is C23H24N2O4. The van der Waals surface area contributed by atoms with Crippen LogP contribution in [0.4, 0.5) is 0 Å². The summed E-state index contributed by atoms with van der Waals surface area (Å²) in [5, 5.41) is 0. The van der Waals surface area contributed by atoms with Gasteiger partial charge >= 0.3 is 5.97 Å². The van der Waals surface area contributed by atoms with Gasteiger partial charge in [-0.25, -0.2) is 19.4 Å². The highest BCUT2D eigenvalue weighted by Crippen LogP contribution is 2.32. The molecule has 150 valence electrons. The minimum atomic E-state index is -0.923. The molecule has 0 aliphatic rings. The highest BCUT2D eigenvalue weighted by Gasteiger charge is 2.23. The smallest absolute Gasteiger partial charge is 0.337 e. The maximum absolute atomic E-state index is 12.3. The summed E-state index contributed by atoms with van der Waals surface area (Å²) in [7, 11) is 0. The number of carbonyl (C=O) groups excluding carboxylic acids is 3. The van der Waals surface area contributed by atoms with E-state index in [9.17, 15) is 14.4 Å². The molecule has 0 saturated carbocycles. The van der Waals surface area contributed by atoms with Crippen LogP contribution < -0.4 is 4.74 Å². The third-order valence-corrected chi connectivity index (χ3v) is 4.83. The van der Waals surface area contributed by atoms with Gasteiger partial charge in [-0.2, -0.15) is 4.99 Å². The second kappa shape index (κ2) is 10.9. The fourth-order valence-electron chi connectivity index (χ4n) is 3.02. The molecule has 0 radical (unpaired) electrons. The van der Waals surface area contributed by atoms with Crippen LogP contribution in [-0.2, 0) is 19.8 Å². The van der Waals surface area contributed by atoms with Crippen molar-refractivity contribution in [3.05, 3.63) is 65.7 Å². The minimum absolute atomic E-state index is 0.196. The van der Waals surface area contributed by atoms with Crippen molar-refractivity contribution in [3.63, 3.8) is 0 Å². The fraction of sp³-hybridized carbons (Fsp3) is 0.348. The van der Waals surface area contributed by atoms with Crippen LogP contribution in [0, 0.1) is 0 Å². The van der Waals surface area contributed by atoms with Gasteiger partial charge in [0.25, 0.3) is 0 Å². The molecule has 0 aliphatic heterocycles. The lowest BCUT2D eigenvalue weighted by molar-refractivity contribution is -0.135. The third kappa shape index (κ3) is 6.35. The molecular weight excluding hydrogens is 368 g/mol. The van der Waals surface area contributed by atoms with Crippen LogP contribution in [0.1, 0.15) is 44.2 Å². The zero-order valence-electron chi connectivity index (χ0n) is 16.6. The molecule has 0 bridgehead atoms. The van der Waals surface area contributed by atoms with Crippen molar-refractivity contribution in [3.8, 4) is 5.75 Å². The first-order valence-corrected chi connectivity index (χ1v) is 9.47. The maximum Gasteiger partial charge on any atom is 0.337 e. The lowest BCUT2D eigenvalue weighted by Crippen LogP contribution is -2.24. The Kier molecular flexibility index (Phi) is 8.23. The Morgan fingerprint density at radius 3 is 2.24 bits per heavy atom. The Morgan fingerprint density at radius 1 is 0.966 bits per heavy atom. The van der Waals surface area contributed by atoms with Gasteiger partial charge in [0.15, 0.2) is 6.04 Å². The van der Waals surface area contributed by atoms with Crippen LogP contribution in [0.15, 0.2) is 64.6 Å². The molecule has 0 N–H and O–H groups in total. The Hall–Kier alpha value is -3.33. The van der Waals surface area contributed by atoms with Gasteiger partial charge in [0.1, 0.15) is 5.75 Å². The molecule has 2 rings (SSSR count). The molecule has 1 unspecified atom stereocenters. The van der Waals surface area contributed by atoms with E-state index in [1.54, 1.807) is 12.1 Å². The number of nitrogens with zero attached hydrogens (tertiary/aromatic N) is 2. The fourth-order valence-corrected chi connectivity index (χ4v) is 3.02. The van der Waals surface area contributed by atoms with Crippen LogP contribution in [-0.4, -0.2) is 30.7 Å². The summed E-state index contributed by atoms with van der Waals surface area (Å²) < 4.78 is 5.38. The standard InChI is InChI=1S/C23H24N2O4/c1-23(2,18-8-4-3-5-9-18)19-11-13-20(14-12-19)29-22(28)21(25-17-27)10-6-7-15-24-16-26/h3-5,8-9,11-14,21H,6-7,10,15H2,1-2H3. The van der Waals surface area contributed by atoms with E-state index in [0.29, 0.717) is 31.6 Å². The second-order valence-corrected chi connectivity index (χ2v) is 7.14. The van der Waals surface area contributed by atoms with Gasteiger partial charge in [0, 0.05) is 5.41 Å². The van der Waals surface area contributed by atoms with Gasteiger partial charge in [-0.05, 0) is 42.5 Å². The molecule has 2 aromatic rings. The lowest BCUT2D eigenvalue weighted by atomic mass is 9.78. The van der Waals surface area contributed by atoms with Crippen LogP contribution in [0.5, 0.6) is 5.75 Å². The number of rotatable bonds is 10. The molecule has 0 spiro atoms. The predicted molar refractivity (Wildman–Crippen MR) is 109 cm³/mol. The summed E-state index contributed by atoms with van der Waals surface area (Å²) >= 11 is 0. The van der Waals surface area contributed by atoms with Gasteiger partial charge < -0.3 is 4.74 Å². The zero-order valence-corrected chi connectivity index (χ0v) is 16.6. The lowest BCUT2D eigenvalue weighted by Gasteiger charge is -2.26. The number of hydrogen-bond donors (Lipinski definition) is 0. The first-order chi connectivity index (χ1) is 14.0. The number of benzene rings is 2. The van der Waals surface area contributed by atoms with Crippen molar-refractivity contribution < 1.29 is 19.1 Å². The van der Waals surface area contributed by atoms with E-state index in [0.717, 1.165) is 5.56 Å². The maximum atomic E-state index is 12.3. The van der Waals surface area contributed by atoms with E-state index in [1.807, 2.05) is 30.3 Å². The average molecular weight is 392 g/mol. The van der Waals surface area contributed by atoms with Gasteiger partial charge in [-0.3, -0.25) is 0 Å². The summed E-state index contributed by atoms with van der Waals surface area (Å²) in [6.45, 7) is 4.59. The predicted octanol–water partition coefficient (Wildman–Crippen LogP) is 4.13. The SMILES string of the molecule is CC(C)(c1ccccc1)c1ccc(OC(=O)C(CCCCN=C=O)N=C=O)cc1. The molecule has 29 heavy (non-hydrogen) atoms. The van der Waals surface area contributed by atoms with Crippen molar-refractivity contribution in [1.29, 1.82) is 0 Å². The molecule has 0 heterocycles. The first kappa shape index (κ1) is 22.0. The van der Waals surface area contributed by atoms with Gasteiger partial charge in [0.05, 0.1) is 6.54 Å². The molecule has 0 aliphatic carbocycles. The van der Waals surface area contributed by atoms with Crippen LogP contribution in [0.2, 0.25) is 0 Å². The zero-order chi connectivity index (χ0) is 21.1. The average Bonchev–Trinajstić information content (AvgIpc) is 2.74. The number of hydrogen-bond acceptors (Lipinski definition) is 6. The molecule has 0 amide bonds. The number of carbonyl (C=O) groups is 1. The van der Waals surface area contributed by atoms with E-state index >= 15 is 0 Å². The van der Waals surface area contributed by atoms with Crippen LogP contribution in [0.3, 0.4) is 0 Å². The molecule has 1 atom stereocenters. The van der Waals surface area contributed by atoms with Gasteiger partial charge in [-0.1, -0.05) is 56.3 Å². The number of aliphatic imine (C=N–C) groups is 2. The first-order valence-electron chi connectivity index (χ1n) is 9.47. The van der Waals surface area contributed by atoms with E-state index < -0.39 is 12.0 Å². The Labute approximate surface area is 170 Å². The number of unbranched alkanes of at least 4 members (excludes halogenated alkanes) is 1. The van der Waals surface area contributed by atoms with Crippen molar-refractivity contribution in [2.75, 3.05) is 6.54 Å². The minimum Gasteiger partial charge on any atom is -0.425 e. The molecule has 6 heteroatoms. The normalized spacial score (nSPS) is 11.7. The Bertz CT molecular complexity index is 894. The van der Waals surface area contributed by atoms with Gasteiger partial charge in [-0.15, -0.1) is 0 Å². The Balaban J connectivity index is 2.02. The topological polar surface area (TPSA) is 85.2 Å². The van der Waals surface area contributed by atoms with E-state index in [1.165, 1.54) is 17.7 Å². The van der Waals surface area contributed by atoms with Crippen molar-refractivity contribution in [2.24, 2.45) is 9.98 Å². The molecule has 0 aromatic heterocycles. The summed E-state index contributed by atoms with van der Waals surface area (Å²) in [4.78, 5) is 40.0. The van der Waals surface area contributed by atoms with Crippen molar-refractivity contribution in [2.45, 2.75) is 44.6 Å². The number of esters is 1. The summed E-state index contributed by atoms with van der Waals surface area (Å²) in [6, 6.07) is 16.5. The van der Waals surface area contributed by atoms with Crippen molar-refractivity contribution >= 4 is 18.1 Å². The van der Waals surface area contributed by atoms with Gasteiger partial charge in [0.2, 0.25) is 12.2 Å². The molecule has 6 nitrogen and oxygen atoms in total. The highest BCUT2D eigenvalue weighted by molar-refractivity contribution is 5.79. The molecule has 2 aromatic carbocycles. The third-order valence-electron chi connectivity index (χ3n) is 4.83. The largest absolute Gasteiger partial charge is 0.425 e. The number of ether oxygens (including phenoxy) is 1. The van der Waals surface area contributed by atoms with E-state index in [-0.39, 0.29) is 5.41 Å². The molecule has 0 saturated heterocycles. The van der Waals surface area contributed by atoms with E-state index in [4.69, 9.17) is 4.74 Å². The monoisotopic (exact) mass is 392 g/mol. The van der Waals surface area contributed by atoms with Crippen LogP contribution >= 0.6 is 0 Å². The summed E-state index contributed by atoms with van der Waals surface area (Å²) in [5.74, 6) is -0.221. The van der Waals surface area contributed by atoms with Crippen molar-refractivity contribution in [1.82, 2.24) is 0 Å².